The Labute approximate surface area is 198 Å². The minimum Gasteiger partial charge on any atom is -0.463 e. The van der Waals surface area contributed by atoms with E-state index >= 15 is 0 Å². The van der Waals surface area contributed by atoms with Gasteiger partial charge in [-0.2, -0.15) is 0 Å². The second kappa shape index (κ2) is 10.3. The van der Waals surface area contributed by atoms with E-state index in [0.717, 1.165) is 42.1 Å². The maximum atomic E-state index is 6.24. The van der Waals surface area contributed by atoms with Crippen molar-refractivity contribution in [3.8, 4) is 0 Å². The Bertz CT molecular complexity index is 1120. The van der Waals surface area contributed by atoms with Gasteiger partial charge in [-0.3, -0.25) is 4.98 Å². The third-order valence-electron chi connectivity index (χ3n) is 6.44. The smallest absolute Gasteiger partial charge is 0.214 e. The number of tetrazole rings is 1. The molecule has 7 nitrogen and oxygen atoms in total. The summed E-state index contributed by atoms with van der Waals surface area (Å²) in [7, 11) is 0. The molecule has 5 rings (SSSR count). The van der Waals surface area contributed by atoms with Gasteiger partial charge in [0.05, 0.1) is 12.3 Å². The van der Waals surface area contributed by atoms with Gasteiger partial charge in [-0.1, -0.05) is 49.1 Å². The number of hydrogen-bond acceptors (Lipinski definition) is 5. The van der Waals surface area contributed by atoms with Gasteiger partial charge in [0, 0.05) is 28.5 Å². The molecule has 0 amide bonds. The third-order valence-corrected chi connectivity index (χ3v) is 6.70. The third kappa shape index (κ3) is 5.15. The molecule has 1 aromatic carbocycles. The van der Waals surface area contributed by atoms with Gasteiger partial charge in [-0.05, 0) is 53.6 Å². The average Bonchev–Trinajstić information content (AvgIpc) is 3.54. The van der Waals surface area contributed by atoms with Gasteiger partial charge in [0.1, 0.15) is 13.1 Å². The van der Waals surface area contributed by atoms with Crippen LogP contribution in [0.4, 0.5) is 0 Å². The highest BCUT2D eigenvalue weighted by Gasteiger charge is 2.34. The number of halogens is 1. The number of benzene rings is 1. The summed E-state index contributed by atoms with van der Waals surface area (Å²) in [4.78, 5) is 5.59. The van der Waals surface area contributed by atoms with Crippen molar-refractivity contribution in [3.05, 3.63) is 94.9 Å². The molecule has 0 saturated heterocycles. The Kier molecular flexibility index (Phi) is 6.79. The molecule has 0 bridgehead atoms. The zero-order valence-electron chi connectivity index (χ0n) is 18.5. The summed E-state index contributed by atoms with van der Waals surface area (Å²) in [6, 6.07) is 16.3. The summed E-state index contributed by atoms with van der Waals surface area (Å²) in [5.41, 5.74) is 2.27. The lowest BCUT2D eigenvalue weighted by molar-refractivity contribution is -0.954. The molecule has 1 aliphatic carbocycles. The Morgan fingerprint density at radius 2 is 1.88 bits per heavy atom. The molecule has 0 aliphatic heterocycles. The first-order valence-corrected chi connectivity index (χ1v) is 11.9. The van der Waals surface area contributed by atoms with E-state index in [1.807, 2.05) is 36.5 Å². The Morgan fingerprint density at radius 3 is 2.61 bits per heavy atom. The summed E-state index contributed by atoms with van der Waals surface area (Å²) in [6.45, 7) is 1.44. The number of furan rings is 1. The van der Waals surface area contributed by atoms with Gasteiger partial charge < -0.3 is 9.32 Å². The number of quaternary nitrogens is 1. The van der Waals surface area contributed by atoms with Crippen molar-refractivity contribution < 1.29 is 9.32 Å². The molecule has 170 valence electrons. The number of nitrogens with one attached hydrogen (secondary N) is 1. The second-order valence-electron chi connectivity index (χ2n) is 8.71. The lowest BCUT2D eigenvalue weighted by Crippen LogP contribution is -3.10. The van der Waals surface area contributed by atoms with Crippen molar-refractivity contribution in [1.82, 2.24) is 25.2 Å². The predicted octanol–water partition coefficient (Wildman–Crippen LogP) is 4.19. The largest absolute Gasteiger partial charge is 0.463 e. The molecule has 33 heavy (non-hydrogen) atoms. The molecule has 3 heterocycles. The molecule has 2 atom stereocenters. The normalized spacial score (nSPS) is 16.5. The molecule has 1 N–H and O–H groups in total. The van der Waals surface area contributed by atoms with Crippen LogP contribution in [-0.4, -0.2) is 25.2 Å². The number of rotatable bonds is 8. The second-order valence-corrected chi connectivity index (χ2v) is 9.15. The van der Waals surface area contributed by atoms with Crippen LogP contribution >= 0.6 is 11.6 Å². The zero-order valence-corrected chi connectivity index (χ0v) is 19.2. The van der Waals surface area contributed by atoms with Crippen LogP contribution in [0.1, 0.15) is 66.9 Å². The quantitative estimate of drug-likeness (QED) is 0.424. The fourth-order valence-electron chi connectivity index (χ4n) is 4.87. The van der Waals surface area contributed by atoms with E-state index < -0.39 is 0 Å². The van der Waals surface area contributed by atoms with Crippen LogP contribution in [0.25, 0.3) is 0 Å². The number of aromatic nitrogens is 5. The van der Waals surface area contributed by atoms with E-state index in [1.165, 1.54) is 24.2 Å². The predicted molar refractivity (Wildman–Crippen MR) is 125 cm³/mol. The minimum absolute atomic E-state index is 0.0931. The van der Waals surface area contributed by atoms with Crippen LogP contribution in [-0.2, 0) is 13.1 Å². The van der Waals surface area contributed by atoms with Gasteiger partial charge in [0.25, 0.3) is 0 Å². The topological polar surface area (TPSA) is 74.1 Å². The van der Waals surface area contributed by atoms with Crippen LogP contribution in [0.2, 0.25) is 5.02 Å². The molecular formula is C25H28ClN6O+. The van der Waals surface area contributed by atoms with Gasteiger partial charge in [-0.25, -0.2) is 4.68 Å². The van der Waals surface area contributed by atoms with Crippen molar-refractivity contribution in [2.24, 2.45) is 0 Å². The van der Waals surface area contributed by atoms with E-state index in [0.29, 0.717) is 17.6 Å². The number of nitrogens with zero attached hydrogens (tertiary/aromatic N) is 5. The highest BCUT2D eigenvalue weighted by Crippen LogP contribution is 2.30. The summed E-state index contributed by atoms with van der Waals surface area (Å²) in [5.74, 6) is 1.80. The number of pyridine rings is 1. The van der Waals surface area contributed by atoms with E-state index in [2.05, 4.69) is 43.4 Å². The summed E-state index contributed by atoms with van der Waals surface area (Å²) in [5, 5.41) is 13.9. The molecule has 1 unspecified atom stereocenters. The maximum absolute atomic E-state index is 6.24. The van der Waals surface area contributed by atoms with Crippen molar-refractivity contribution in [1.29, 1.82) is 0 Å². The lowest BCUT2D eigenvalue weighted by atomic mass is 9.95. The Hall–Kier alpha value is -3.03. The molecule has 4 aromatic rings. The maximum Gasteiger partial charge on any atom is 0.214 e. The van der Waals surface area contributed by atoms with Crippen LogP contribution in [0, 0.1) is 0 Å². The van der Waals surface area contributed by atoms with E-state index in [1.54, 1.807) is 12.5 Å². The first kappa shape index (κ1) is 21.8. The van der Waals surface area contributed by atoms with Crippen molar-refractivity contribution in [2.45, 2.75) is 57.3 Å². The molecule has 0 spiro atoms. The van der Waals surface area contributed by atoms with Crippen LogP contribution in [0.15, 0.2) is 71.6 Å². The van der Waals surface area contributed by atoms with Crippen LogP contribution < -0.4 is 4.90 Å². The zero-order chi connectivity index (χ0) is 22.5. The van der Waals surface area contributed by atoms with Crippen LogP contribution in [0.5, 0.6) is 0 Å². The fraction of sp³-hybridized carbons (Fsp3) is 0.360. The molecule has 8 heteroatoms. The van der Waals surface area contributed by atoms with Gasteiger partial charge in [0.15, 0.2) is 11.8 Å². The monoisotopic (exact) mass is 463 g/mol. The van der Waals surface area contributed by atoms with Gasteiger partial charge in [-0.15, -0.1) is 5.10 Å². The Morgan fingerprint density at radius 1 is 1.03 bits per heavy atom. The van der Waals surface area contributed by atoms with Crippen LogP contribution in [0.3, 0.4) is 0 Å². The first-order chi connectivity index (χ1) is 16.3. The summed E-state index contributed by atoms with van der Waals surface area (Å²) in [6.07, 6.45) is 11.4. The number of hydrogen-bond donors (Lipinski definition) is 1. The van der Waals surface area contributed by atoms with E-state index in [-0.39, 0.29) is 6.04 Å². The van der Waals surface area contributed by atoms with E-state index in [9.17, 15) is 0 Å². The van der Waals surface area contributed by atoms with E-state index in [4.69, 9.17) is 16.0 Å². The molecular weight excluding hydrogens is 436 g/mol. The minimum atomic E-state index is -0.0931. The molecule has 1 fully saturated rings. The van der Waals surface area contributed by atoms with Gasteiger partial charge >= 0.3 is 0 Å². The fourth-order valence-corrected chi connectivity index (χ4v) is 4.99. The first-order valence-electron chi connectivity index (χ1n) is 11.6. The standard InChI is InChI=1S/C25H27ClN6O/c26-21-12-10-20(11-13-21)24(25-28-29-30-32(25)22-7-2-1-3-8-22)31(18-23-9-5-15-33-23)17-19-6-4-14-27-16-19/h4-6,9-16,22,24H,1-3,7-8,17-18H2/p+1/t24-/m0/s1. The molecule has 1 saturated carbocycles. The molecule has 3 aromatic heterocycles. The summed E-state index contributed by atoms with van der Waals surface area (Å²) < 4.78 is 7.83. The highest BCUT2D eigenvalue weighted by atomic mass is 35.5. The summed E-state index contributed by atoms with van der Waals surface area (Å²) >= 11 is 6.24. The van der Waals surface area contributed by atoms with Crippen molar-refractivity contribution in [3.63, 3.8) is 0 Å². The van der Waals surface area contributed by atoms with Gasteiger partial charge in [0.2, 0.25) is 5.82 Å². The molecule has 0 radical (unpaired) electrons. The highest BCUT2D eigenvalue weighted by molar-refractivity contribution is 6.30. The SMILES string of the molecule is Clc1ccc([C@@H](c2nnnn2C2CCCCC2)[NH+](Cc2cccnc2)Cc2ccco2)cc1. The Balaban J connectivity index is 1.58. The van der Waals surface area contributed by atoms with Crippen molar-refractivity contribution in [2.75, 3.05) is 0 Å². The average molecular weight is 464 g/mol. The van der Waals surface area contributed by atoms with Crippen molar-refractivity contribution >= 4 is 11.6 Å². The molecule has 1 aliphatic rings. The lowest BCUT2D eigenvalue weighted by Gasteiger charge is -2.30.